The summed E-state index contributed by atoms with van der Waals surface area (Å²) in [6, 6.07) is -0.499. The zero-order valence-corrected chi connectivity index (χ0v) is 10.1. The van der Waals surface area contributed by atoms with Crippen LogP contribution >= 0.6 is 0 Å². The number of likely N-dealkylation sites (tertiary alicyclic amines) is 1. The summed E-state index contributed by atoms with van der Waals surface area (Å²) < 4.78 is 39.9. The highest BCUT2D eigenvalue weighted by Gasteiger charge is 2.29. The minimum absolute atomic E-state index is 0.00233. The molecule has 1 saturated heterocycles. The SMILES string of the molecule is O=C(O)C1CCCCN1CCCOCC(F)(F)F. The number of rotatable bonds is 6. The van der Waals surface area contributed by atoms with E-state index in [0.29, 0.717) is 25.9 Å². The van der Waals surface area contributed by atoms with E-state index < -0.39 is 24.8 Å². The Bertz CT molecular complexity index is 271. The highest BCUT2D eigenvalue weighted by molar-refractivity contribution is 5.73. The van der Waals surface area contributed by atoms with E-state index in [-0.39, 0.29) is 6.61 Å². The van der Waals surface area contributed by atoms with E-state index in [4.69, 9.17) is 5.11 Å². The number of hydrogen-bond donors (Lipinski definition) is 1. The van der Waals surface area contributed by atoms with Gasteiger partial charge >= 0.3 is 12.1 Å². The molecule has 1 N–H and O–H groups in total. The van der Waals surface area contributed by atoms with Crippen molar-refractivity contribution < 1.29 is 27.8 Å². The predicted molar refractivity (Wildman–Crippen MR) is 58.3 cm³/mol. The van der Waals surface area contributed by atoms with Crippen molar-refractivity contribution in [3.05, 3.63) is 0 Å². The summed E-state index contributed by atoms with van der Waals surface area (Å²) in [6.45, 7) is -0.0806. The third kappa shape index (κ3) is 5.68. The predicted octanol–water partition coefficient (Wildman–Crippen LogP) is 1.89. The molecule has 0 amide bonds. The van der Waals surface area contributed by atoms with Gasteiger partial charge in [-0.2, -0.15) is 13.2 Å². The third-order valence-corrected chi connectivity index (χ3v) is 2.90. The summed E-state index contributed by atoms with van der Waals surface area (Å²) in [6.07, 6.45) is -1.45. The van der Waals surface area contributed by atoms with Gasteiger partial charge in [0.15, 0.2) is 0 Å². The molecule has 18 heavy (non-hydrogen) atoms. The first-order chi connectivity index (χ1) is 8.40. The Morgan fingerprint density at radius 3 is 2.72 bits per heavy atom. The van der Waals surface area contributed by atoms with Crippen LogP contribution in [0.25, 0.3) is 0 Å². The van der Waals surface area contributed by atoms with E-state index >= 15 is 0 Å². The van der Waals surface area contributed by atoms with Crippen molar-refractivity contribution >= 4 is 5.97 Å². The summed E-state index contributed by atoms with van der Waals surface area (Å²) in [5, 5.41) is 9.00. The number of ether oxygens (including phenoxy) is 1. The van der Waals surface area contributed by atoms with Gasteiger partial charge in [0.1, 0.15) is 12.6 Å². The highest BCUT2D eigenvalue weighted by atomic mass is 19.4. The second-order valence-corrected chi connectivity index (χ2v) is 4.41. The maximum absolute atomic E-state index is 11.8. The quantitative estimate of drug-likeness (QED) is 0.748. The number of nitrogens with zero attached hydrogens (tertiary/aromatic N) is 1. The van der Waals surface area contributed by atoms with Crippen LogP contribution in [0.5, 0.6) is 0 Å². The van der Waals surface area contributed by atoms with E-state index in [1.165, 1.54) is 0 Å². The second-order valence-electron chi connectivity index (χ2n) is 4.41. The molecule has 0 aliphatic carbocycles. The Balaban J connectivity index is 2.19. The first kappa shape index (κ1) is 15.2. The Morgan fingerprint density at radius 1 is 1.39 bits per heavy atom. The van der Waals surface area contributed by atoms with Gasteiger partial charge in [0.2, 0.25) is 0 Å². The second kappa shape index (κ2) is 6.94. The summed E-state index contributed by atoms with van der Waals surface area (Å²) in [4.78, 5) is 12.8. The first-order valence-electron chi connectivity index (χ1n) is 6.01. The van der Waals surface area contributed by atoms with Crippen LogP contribution in [-0.4, -0.2) is 54.5 Å². The molecule has 1 rings (SSSR count). The van der Waals surface area contributed by atoms with Gasteiger partial charge in [-0.15, -0.1) is 0 Å². The van der Waals surface area contributed by atoms with Gasteiger partial charge in [-0.1, -0.05) is 6.42 Å². The van der Waals surface area contributed by atoms with Crippen LogP contribution in [0.3, 0.4) is 0 Å². The monoisotopic (exact) mass is 269 g/mol. The Hall–Kier alpha value is -0.820. The largest absolute Gasteiger partial charge is 0.480 e. The average Bonchev–Trinajstić information content (AvgIpc) is 2.27. The molecule has 0 spiro atoms. The lowest BCUT2D eigenvalue weighted by Gasteiger charge is -2.32. The zero-order chi connectivity index (χ0) is 13.6. The molecule has 1 heterocycles. The van der Waals surface area contributed by atoms with Crippen LogP contribution in [0.2, 0.25) is 0 Å². The number of piperidine rings is 1. The van der Waals surface area contributed by atoms with Gasteiger partial charge in [-0.25, -0.2) is 0 Å². The lowest BCUT2D eigenvalue weighted by atomic mass is 10.0. The number of halogens is 3. The molecule has 0 aromatic rings. The number of carboxylic acids is 1. The van der Waals surface area contributed by atoms with Crippen LogP contribution in [0.1, 0.15) is 25.7 Å². The van der Waals surface area contributed by atoms with E-state index in [9.17, 15) is 18.0 Å². The molecule has 1 unspecified atom stereocenters. The smallest absolute Gasteiger partial charge is 0.411 e. The molecule has 1 aliphatic rings. The maximum atomic E-state index is 11.8. The fourth-order valence-corrected chi connectivity index (χ4v) is 2.10. The average molecular weight is 269 g/mol. The van der Waals surface area contributed by atoms with Crippen LogP contribution in [0.4, 0.5) is 13.2 Å². The normalized spacial score (nSPS) is 22.1. The molecule has 1 fully saturated rings. The van der Waals surface area contributed by atoms with Crippen molar-refractivity contribution in [1.82, 2.24) is 4.90 Å². The number of hydrogen-bond acceptors (Lipinski definition) is 3. The van der Waals surface area contributed by atoms with Crippen LogP contribution < -0.4 is 0 Å². The number of carboxylic acid groups (broad SMARTS) is 1. The summed E-state index contributed by atoms with van der Waals surface area (Å²) in [5.74, 6) is -0.856. The molecule has 7 heteroatoms. The molecular formula is C11H18F3NO3. The minimum Gasteiger partial charge on any atom is -0.480 e. The Morgan fingerprint density at radius 2 is 2.11 bits per heavy atom. The molecule has 0 aromatic carbocycles. The van der Waals surface area contributed by atoms with Crippen molar-refractivity contribution in [3.8, 4) is 0 Å². The molecule has 0 bridgehead atoms. The molecule has 0 aromatic heterocycles. The van der Waals surface area contributed by atoms with Gasteiger partial charge in [0.05, 0.1) is 0 Å². The minimum atomic E-state index is -4.30. The fraction of sp³-hybridized carbons (Fsp3) is 0.909. The zero-order valence-electron chi connectivity index (χ0n) is 10.1. The van der Waals surface area contributed by atoms with Crippen LogP contribution in [0, 0.1) is 0 Å². The van der Waals surface area contributed by atoms with Crippen LogP contribution in [0.15, 0.2) is 0 Å². The first-order valence-corrected chi connectivity index (χ1v) is 6.01. The summed E-state index contributed by atoms with van der Waals surface area (Å²) in [7, 11) is 0. The van der Waals surface area contributed by atoms with E-state index in [0.717, 1.165) is 12.8 Å². The van der Waals surface area contributed by atoms with Crippen molar-refractivity contribution in [3.63, 3.8) is 0 Å². The molecule has 1 atom stereocenters. The van der Waals surface area contributed by atoms with Gasteiger partial charge in [0, 0.05) is 13.2 Å². The molecule has 1 aliphatic heterocycles. The van der Waals surface area contributed by atoms with Gasteiger partial charge < -0.3 is 9.84 Å². The molecular weight excluding hydrogens is 251 g/mol. The van der Waals surface area contributed by atoms with E-state index in [1.54, 1.807) is 0 Å². The summed E-state index contributed by atoms with van der Waals surface area (Å²) in [5.41, 5.74) is 0. The number of carbonyl (C=O) groups is 1. The molecule has 106 valence electrons. The van der Waals surface area contributed by atoms with Crippen molar-refractivity contribution in [2.75, 3.05) is 26.3 Å². The third-order valence-electron chi connectivity index (χ3n) is 2.90. The Kier molecular flexibility index (Phi) is 5.87. The maximum Gasteiger partial charge on any atom is 0.411 e. The number of alkyl halides is 3. The lowest BCUT2D eigenvalue weighted by Crippen LogP contribution is -2.45. The lowest BCUT2D eigenvalue weighted by molar-refractivity contribution is -0.174. The van der Waals surface area contributed by atoms with E-state index in [1.807, 2.05) is 4.90 Å². The fourth-order valence-electron chi connectivity index (χ4n) is 2.10. The van der Waals surface area contributed by atoms with Crippen LogP contribution in [-0.2, 0) is 9.53 Å². The van der Waals surface area contributed by atoms with E-state index in [2.05, 4.69) is 4.74 Å². The highest BCUT2D eigenvalue weighted by Crippen LogP contribution is 2.18. The van der Waals surface area contributed by atoms with Crippen molar-refractivity contribution in [2.45, 2.75) is 37.9 Å². The van der Waals surface area contributed by atoms with Crippen molar-refractivity contribution in [2.24, 2.45) is 0 Å². The van der Waals surface area contributed by atoms with Gasteiger partial charge in [0.25, 0.3) is 0 Å². The summed E-state index contributed by atoms with van der Waals surface area (Å²) >= 11 is 0. The molecule has 4 nitrogen and oxygen atoms in total. The topological polar surface area (TPSA) is 49.8 Å². The molecule has 0 radical (unpaired) electrons. The van der Waals surface area contributed by atoms with Gasteiger partial charge in [-0.05, 0) is 25.8 Å². The van der Waals surface area contributed by atoms with Gasteiger partial charge in [-0.3, -0.25) is 9.69 Å². The molecule has 0 saturated carbocycles. The Labute approximate surface area is 104 Å². The standard InChI is InChI=1S/C11H18F3NO3/c12-11(13,14)8-18-7-3-6-15-5-2-1-4-9(15)10(16)17/h9H,1-8H2,(H,16,17). The van der Waals surface area contributed by atoms with Crippen molar-refractivity contribution in [1.29, 1.82) is 0 Å². The number of aliphatic carboxylic acids is 1.